The van der Waals surface area contributed by atoms with Gasteiger partial charge in [0.25, 0.3) is 0 Å². The molecule has 0 saturated heterocycles. The van der Waals surface area contributed by atoms with Crippen LogP contribution in [-0.4, -0.2) is 40.1 Å². The average Bonchev–Trinajstić information content (AvgIpc) is 3.29. The van der Waals surface area contributed by atoms with Gasteiger partial charge in [0.1, 0.15) is 4.90 Å². The second kappa shape index (κ2) is 8.22. The van der Waals surface area contributed by atoms with Gasteiger partial charge in [0.2, 0.25) is 10.0 Å². The van der Waals surface area contributed by atoms with Gasteiger partial charge in [-0.25, -0.2) is 8.42 Å². The zero-order valence-corrected chi connectivity index (χ0v) is 17.6. The van der Waals surface area contributed by atoms with Crippen LogP contribution in [0.1, 0.15) is 11.1 Å². The lowest BCUT2D eigenvalue weighted by molar-refractivity contribution is 0.0600. The van der Waals surface area contributed by atoms with Gasteiger partial charge in [0.05, 0.1) is 31.3 Å². The lowest BCUT2D eigenvalue weighted by Crippen LogP contribution is -2.46. The van der Waals surface area contributed by atoms with E-state index in [0.717, 1.165) is 16.5 Å². The lowest BCUT2D eigenvalue weighted by Gasteiger charge is -2.33. The number of nitrogens with zero attached hydrogens (tertiary/aromatic N) is 4. The number of fused-ring (bicyclic) bond motifs is 2. The van der Waals surface area contributed by atoms with Crippen LogP contribution in [-0.2, 0) is 34.5 Å². The minimum atomic E-state index is -3.87. The van der Waals surface area contributed by atoms with Crippen LogP contribution in [0, 0.1) is 0 Å². The van der Waals surface area contributed by atoms with Crippen molar-refractivity contribution in [1.82, 2.24) is 19.1 Å². The monoisotopic (exact) mass is 434 g/mol. The van der Waals surface area contributed by atoms with Gasteiger partial charge in [-0.1, -0.05) is 42.5 Å². The Morgan fingerprint density at radius 2 is 1.81 bits per heavy atom. The Kier molecular flexibility index (Phi) is 5.27. The molecule has 7 nitrogen and oxygen atoms in total. The topological polar surface area (TPSA) is 77.3 Å². The molecule has 3 heterocycles. The molecule has 0 aliphatic carbocycles. The first-order valence-corrected chi connectivity index (χ1v) is 11.5. The van der Waals surface area contributed by atoms with Crippen molar-refractivity contribution in [2.75, 3.05) is 6.61 Å². The standard InChI is InChI=1S/C23H22N4O3S/c28-31(29,22-10-3-8-18-9-4-11-24-23(18)22)27-14-19-6-1-2-7-20(19)16-30-17-21(27)15-26-13-5-12-25-26/h1-13,21H,14-17H2. The summed E-state index contributed by atoms with van der Waals surface area (Å²) in [5.74, 6) is 0. The van der Waals surface area contributed by atoms with Crippen molar-refractivity contribution < 1.29 is 13.2 Å². The van der Waals surface area contributed by atoms with Gasteiger partial charge in [-0.15, -0.1) is 0 Å². The summed E-state index contributed by atoms with van der Waals surface area (Å²) in [4.78, 5) is 4.58. The van der Waals surface area contributed by atoms with E-state index in [1.165, 1.54) is 4.31 Å². The van der Waals surface area contributed by atoms with Crippen LogP contribution in [0.15, 0.2) is 84.1 Å². The number of para-hydroxylation sites is 1. The molecule has 158 valence electrons. The van der Waals surface area contributed by atoms with E-state index in [1.807, 2.05) is 48.7 Å². The van der Waals surface area contributed by atoms with Gasteiger partial charge < -0.3 is 4.74 Å². The maximum atomic E-state index is 14.0. The number of aromatic nitrogens is 3. The summed E-state index contributed by atoms with van der Waals surface area (Å²) in [5.41, 5.74) is 2.40. The molecular weight excluding hydrogens is 412 g/mol. The van der Waals surface area contributed by atoms with Gasteiger partial charge >= 0.3 is 0 Å². The highest BCUT2D eigenvalue weighted by molar-refractivity contribution is 7.89. The molecule has 2 aromatic carbocycles. The van der Waals surface area contributed by atoms with E-state index in [-0.39, 0.29) is 18.0 Å². The van der Waals surface area contributed by atoms with E-state index >= 15 is 0 Å². The highest BCUT2D eigenvalue weighted by atomic mass is 32.2. The van der Waals surface area contributed by atoms with Crippen LogP contribution in [0.25, 0.3) is 10.9 Å². The first-order chi connectivity index (χ1) is 15.1. The number of pyridine rings is 1. The molecule has 31 heavy (non-hydrogen) atoms. The first-order valence-electron chi connectivity index (χ1n) is 10.1. The summed E-state index contributed by atoms with van der Waals surface area (Å²) in [5, 5.41) is 5.06. The summed E-state index contributed by atoms with van der Waals surface area (Å²) in [6, 6.07) is 18.1. The van der Waals surface area contributed by atoms with Gasteiger partial charge in [-0.3, -0.25) is 9.67 Å². The van der Waals surface area contributed by atoms with E-state index in [2.05, 4.69) is 10.1 Å². The van der Waals surface area contributed by atoms with E-state index in [9.17, 15) is 8.42 Å². The number of ether oxygens (including phenoxy) is 1. The fourth-order valence-corrected chi connectivity index (χ4v) is 5.74. The largest absolute Gasteiger partial charge is 0.375 e. The lowest BCUT2D eigenvalue weighted by atomic mass is 10.1. The first kappa shape index (κ1) is 19.9. The third-order valence-corrected chi connectivity index (χ3v) is 7.49. The quantitative estimate of drug-likeness (QED) is 0.493. The van der Waals surface area contributed by atoms with Crippen molar-refractivity contribution >= 4 is 20.9 Å². The van der Waals surface area contributed by atoms with Crippen molar-refractivity contribution in [2.24, 2.45) is 0 Å². The van der Waals surface area contributed by atoms with Crippen LogP contribution in [0.2, 0.25) is 0 Å². The molecule has 0 saturated carbocycles. The van der Waals surface area contributed by atoms with Crippen LogP contribution < -0.4 is 0 Å². The Bertz CT molecular complexity index is 1300. The number of hydrogen-bond donors (Lipinski definition) is 0. The summed E-state index contributed by atoms with van der Waals surface area (Å²) in [6.45, 7) is 1.38. The van der Waals surface area contributed by atoms with Crippen LogP contribution in [0.4, 0.5) is 0 Å². The molecule has 0 fully saturated rings. The number of benzene rings is 2. The Hall–Kier alpha value is -3.07. The molecule has 5 rings (SSSR count). The number of sulfonamides is 1. The second-order valence-corrected chi connectivity index (χ2v) is 9.41. The highest BCUT2D eigenvalue weighted by Gasteiger charge is 2.35. The Labute approximate surface area is 181 Å². The molecule has 1 unspecified atom stereocenters. The molecule has 0 amide bonds. The van der Waals surface area contributed by atoms with Crippen LogP contribution >= 0.6 is 0 Å². The molecule has 4 aromatic rings. The smallest absolute Gasteiger partial charge is 0.245 e. The molecule has 1 aliphatic heterocycles. The van der Waals surface area contributed by atoms with E-state index in [4.69, 9.17) is 4.74 Å². The molecular formula is C23H22N4O3S. The summed E-state index contributed by atoms with van der Waals surface area (Å²) in [6.07, 6.45) is 5.14. The van der Waals surface area contributed by atoms with Crippen molar-refractivity contribution in [2.45, 2.75) is 30.6 Å². The zero-order chi connectivity index (χ0) is 21.3. The molecule has 1 aliphatic rings. The summed E-state index contributed by atoms with van der Waals surface area (Å²) < 4.78 is 37.3. The Morgan fingerprint density at radius 3 is 2.65 bits per heavy atom. The third kappa shape index (κ3) is 3.85. The van der Waals surface area contributed by atoms with Crippen LogP contribution in [0.5, 0.6) is 0 Å². The Morgan fingerprint density at radius 1 is 0.968 bits per heavy atom. The van der Waals surface area contributed by atoms with Crippen molar-refractivity contribution in [3.8, 4) is 0 Å². The third-order valence-electron chi connectivity index (χ3n) is 5.56. The van der Waals surface area contributed by atoms with E-state index < -0.39 is 16.1 Å². The predicted octanol–water partition coefficient (Wildman–Crippen LogP) is 3.22. The van der Waals surface area contributed by atoms with Crippen molar-refractivity contribution in [1.29, 1.82) is 0 Å². The summed E-state index contributed by atoms with van der Waals surface area (Å²) >= 11 is 0. The normalized spacial score (nSPS) is 17.7. The van der Waals surface area contributed by atoms with Crippen molar-refractivity contribution in [3.63, 3.8) is 0 Å². The van der Waals surface area contributed by atoms with E-state index in [1.54, 1.807) is 35.3 Å². The zero-order valence-electron chi connectivity index (χ0n) is 16.8. The maximum Gasteiger partial charge on any atom is 0.245 e. The SMILES string of the molecule is O=S(=O)(c1cccc2cccnc12)N1Cc2ccccc2COCC1Cn1cccn1. The highest BCUT2D eigenvalue weighted by Crippen LogP contribution is 2.29. The maximum absolute atomic E-state index is 14.0. The minimum absolute atomic E-state index is 0.203. The van der Waals surface area contributed by atoms with Crippen LogP contribution in [0.3, 0.4) is 0 Å². The molecule has 1 atom stereocenters. The Balaban J connectivity index is 1.63. The van der Waals surface area contributed by atoms with Gasteiger partial charge in [-0.05, 0) is 29.3 Å². The molecule has 0 spiro atoms. The van der Waals surface area contributed by atoms with Gasteiger partial charge in [0.15, 0.2) is 0 Å². The number of rotatable bonds is 4. The summed E-state index contributed by atoms with van der Waals surface area (Å²) in [7, 11) is -3.87. The minimum Gasteiger partial charge on any atom is -0.375 e. The fraction of sp³-hybridized carbons (Fsp3) is 0.217. The van der Waals surface area contributed by atoms with Crippen molar-refractivity contribution in [3.05, 3.63) is 90.4 Å². The molecule has 0 radical (unpaired) electrons. The average molecular weight is 435 g/mol. The fourth-order valence-electron chi connectivity index (χ4n) is 4.00. The second-order valence-electron chi connectivity index (χ2n) is 7.55. The predicted molar refractivity (Wildman–Crippen MR) is 117 cm³/mol. The molecule has 2 aromatic heterocycles. The van der Waals surface area contributed by atoms with Gasteiger partial charge in [0, 0.05) is 30.5 Å². The van der Waals surface area contributed by atoms with Gasteiger partial charge in [-0.2, -0.15) is 9.40 Å². The molecule has 8 heteroatoms. The number of hydrogen-bond acceptors (Lipinski definition) is 5. The van der Waals surface area contributed by atoms with E-state index in [0.29, 0.717) is 18.7 Å². The molecule has 0 N–H and O–H groups in total. The molecule has 0 bridgehead atoms.